The predicted molar refractivity (Wildman–Crippen MR) is 43.5 cm³/mol. The maximum Gasteiger partial charge on any atom is 0.0426 e. The summed E-state index contributed by atoms with van der Waals surface area (Å²) < 4.78 is 0. The molecule has 0 saturated heterocycles. The van der Waals surface area contributed by atoms with Crippen molar-refractivity contribution in [1.82, 2.24) is 5.32 Å². The van der Waals surface area contributed by atoms with Gasteiger partial charge in [0.15, 0.2) is 0 Å². The van der Waals surface area contributed by atoms with Crippen molar-refractivity contribution in [3.63, 3.8) is 0 Å². The Labute approximate surface area is 66.0 Å². The van der Waals surface area contributed by atoms with E-state index in [1.54, 1.807) is 0 Å². The molecule has 0 aliphatic rings. The Kier molecular flexibility index (Phi) is 3.95. The number of nitrogens with one attached hydrogen (secondary N) is 2. The fourth-order valence-corrected chi connectivity index (χ4v) is 0.596. The lowest BCUT2D eigenvalue weighted by Gasteiger charge is -2.14. The summed E-state index contributed by atoms with van der Waals surface area (Å²) >= 11 is 0. The Morgan fingerprint density at radius 1 is 1.73 bits per heavy atom. The van der Waals surface area contributed by atoms with Gasteiger partial charge in [0.05, 0.1) is 0 Å². The van der Waals surface area contributed by atoms with Crippen molar-refractivity contribution in [3.05, 3.63) is 17.2 Å². The molecule has 0 rings (SSSR count). The molecule has 0 aromatic rings. The smallest absolute Gasteiger partial charge is 0.0426 e. The van der Waals surface area contributed by atoms with E-state index in [0.717, 1.165) is 0 Å². The summed E-state index contributed by atoms with van der Waals surface area (Å²) in [4.78, 5) is 0. The van der Waals surface area contributed by atoms with Crippen molar-refractivity contribution in [2.45, 2.75) is 13.8 Å². The highest BCUT2D eigenvalue weighted by molar-refractivity contribution is 6.01. The molecule has 0 saturated carbocycles. The summed E-state index contributed by atoms with van der Waals surface area (Å²) in [6.07, 6.45) is 1.23. The fraction of sp³-hybridized carbons (Fsp3) is 0.429. The van der Waals surface area contributed by atoms with Gasteiger partial charge < -0.3 is 21.2 Å². The van der Waals surface area contributed by atoms with Gasteiger partial charge in [-0.1, -0.05) is 13.0 Å². The molecule has 0 amide bonds. The molecule has 2 N–H and O–H groups in total. The van der Waals surface area contributed by atoms with Crippen molar-refractivity contribution in [2.75, 3.05) is 6.54 Å². The van der Waals surface area contributed by atoms with Crippen molar-refractivity contribution >= 4 is 11.6 Å². The van der Waals surface area contributed by atoms with Gasteiger partial charge in [0.1, 0.15) is 0 Å². The van der Waals surface area contributed by atoms with Crippen LogP contribution < -0.4 is 10.4 Å². The van der Waals surface area contributed by atoms with Gasteiger partial charge in [-0.15, -0.1) is 0 Å². The Morgan fingerprint density at radius 2 is 2.27 bits per heavy atom. The van der Waals surface area contributed by atoms with Gasteiger partial charge in [0.25, 0.3) is 0 Å². The van der Waals surface area contributed by atoms with Gasteiger partial charge in [-0.25, -0.2) is 0 Å². The van der Waals surface area contributed by atoms with Crippen LogP contribution in [0.1, 0.15) is 13.8 Å². The zero-order valence-electron chi connectivity index (χ0n) is 6.64. The first-order valence-corrected chi connectivity index (χ1v) is 3.32. The van der Waals surface area contributed by atoms with E-state index in [2.05, 4.69) is 5.32 Å². The molecule has 0 atom stereocenters. The molecule has 11 heavy (non-hydrogen) atoms. The van der Waals surface area contributed by atoms with Crippen molar-refractivity contribution in [3.8, 4) is 0 Å². The van der Waals surface area contributed by atoms with E-state index in [-0.39, 0.29) is 11.4 Å². The number of nitrogens with zero attached hydrogens (tertiary/aromatic N) is 1. The van der Waals surface area contributed by atoms with Crippen LogP contribution in [0.4, 0.5) is 0 Å². The summed E-state index contributed by atoms with van der Waals surface area (Å²) in [6, 6.07) is 0. The minimum absolute atomic E-state index is 0.0153. The second kappa shape index (κ2) is 4.49. The van der Waals surface area contributed by atoms with Crippen LogP contribution in [0, 0.1) is 5.41 Å². The number of rotatable bonds is 4. The van der Waals surface area contributed by atoms with Crippen molar-refractivity contribution in [1.29, 1.82) is 5.41 Å². The summed E-state index contributed by atoms with van der Waals surface area (Å²) in [6.45, 7) is 3.81. The molecule has 0 heterocycles. The fourth-order valence-electron chi connectivity index (χ4n) is 0.596. The maximum atomic E-state index is 10.5. The lowest BCUT2D eigenvalue weighted by Crippen LogP contribution is -2.29. The van der Waals surface area contributed by atoms with E-state index in [1.165, 1.54) is 13.0 Å². The average molecular weight is 153 g/mol. The topological polar surface area (TPSA) is 81.2 Å². The molecule has 0 radical (unpaired) electrons. The maximum absolute atomic E-state index is 10.5. The molecule has 0 unspecified atom stereocenters. The Bertz CT molecular complexity index is 196. The van der Waals surface area contributed by atoms with E-state index < -0.39 is 5.90 Å². The lowest BCUT2D eigenvalue weighted by molar-refractivity contribution is -0.215. The Balaban J connectivity index is 4.32. The van der Waals surface area contributed by atoms with Gasteiger partial charge in [-0.2, -0.15) is 5.71 Å². The third-order valence-corrected chi connectivity index (χ3v) is 0.965. The standard InChI is InChI=1S/C7H12N3O/c1-3-10-6(7(9)11)4-5(2)8/h4,10H,3H2,1-2H3,(H2,9,11)/q-1/p-1/b6-4-. The summed E-state index contributed by atoms with van der Waals surface area (Å²) in [5, 5.41) is 28.6. The van der Waals surface area contributed by atoms with Crippen LogP contribution in [0.5, 0.6) is 0 Å². The highest BCUT2D eigenvalue weighted by Gasteiger charge is 1.89. The summed E-state index contributed by atoms with van der Waals surface area (Å²) in [5.74, 6) is -0.819. The number of hydrogen-bond donors (Lipinski definition) is 2. The third-order valence-electron chi connectivity index (χ3n) is 0.965. The molecule has 0 spiro atoms. The van der Waals surface area contributed by atoms with Gasteiger partial charge in [0.2, 0.25) is 0 Å². The highest BCUT2D eigenvalue weighted by Crippen LogP contribution is 1.88. The highest BCUT2D eigenvalue weighted by atomic mass is 16.3. The monoisotopic (exact) mass is 153 g/mol. The quantitative estimate of drug-likeness (QED) is 0.435. The zero-order chi connectivity index (χ0) is 8.85. The lowest BCUT2D eigenvalue weighted by atomic mass is 10.3. The molecular formula is C7H11N3O-2. The van der Waals surface area contributed by atoms with E-state index >= 15 is 0 Å². The number of likely N-dealkylation sites (N-methyl/N-ethyl adjacent to an activating group) is 1. The van der Waals surface area contributed by atoms with Gasteiger partial charge in [-0.3, -0.25) is 0 Å². The van der Waals surface area contributed by atoms with Crippen LogP contribution in [0.3, 0.4) is 0 Å². The van der Waals surface area contributed by atoms with E-state index in [4.69, 9.17) is 10.8 Å². The summed E-state index contributed by atoms with van der Waals surface area (Å²) in [7, 11) is 0. The van der Waals surface area contributed by atoms with Crippen LogP contribution >= 0.6 is 0 Å². The molecule has 0 aliphatic carbocycles. The van der Waals surface area contributed by atoms with Crippen molar-refractivity contribution < 1.29 is 5.11 Å². The second-order valence-electron chi connectivity index (χ2n) is 2.06. The van der Waals surface area contributed by atoms with Crippen LogP contribution in [-0.2, 0) is 0 Å². The SMILES string of the molecule is CCN/C(=C\C(C)=[N-])C(=N)[O-]. The zero-order valence-corrected chi connectivity index (χ0v) is 6.64. The molecule has 0 aromatic heterocycles. The molecule has 4 heteroatoms. The molecular weight excluding hydrogens is 142 g/mol. The van der Waals surface area contributed by atoms with E-state index in [0.29, 0.717) is 6.54 Å². The minimum Gasteiger partial charge on any atom is -0.858 e. The first-order valence-electron chi connectivity index (χ1n) is 3.32. The number of hydrogen-bond acceptors (Lipinski definition) is 3. The molecule has 62 valence electrons. The average Bonchev–Trinajstić information content (AvgIpc) is 1.86. The molecule has 0 fully saturated rings. The Hall–Kier alpha value is -1.32. The molecule has 4 nitrogen and oxygen atoms in total. The molecule has 0 bridgehead atoms. The molecule has 0 aromatic carbocycles. The van der Waals surface area contributed by atoms with Crippen LogP contribution in [0.2, 0.25) is 0 Å². The summed E-state index contributed by atoms with van der Waals surface area (Å²) in [5.41, 5.74) is 0.133. The predicted octanol–water partition coefficient (Wildman–Crippen LogP) is -0.152. The van der Waals surface area contributed by atoms with Gasteiger partial charge in [0, 0.05) is 18.1 Å². The van der Waals surface area contributed by atoms with E-state index in [1.807, 2.05) is 6.92 Å². The molecule has 0 aliphatic heterocycles. The number of allylic oxidation sites excluding steroid dienone is 1. The largest absolute Gasteiger partial charge is 0.858 e. The van der Waals surface area contributed by atoms with Crippen molar-refractivity contribution in [2.24, 2.45) is 0 Å². The van der Waals surface area contributed by atoms with Gasteiger partial charge in [-0.05, 0) is 6.92 Å². The first-order chi connectivity index (χ1) is 5.07. The normalized spacial score (nSPS) is 10.9. The van der Waals surface area contributed by atoms with Crippen LogP contribution in [0.15, 0.2) is 11.8 Å². The van der Waals surface area contributed by atoms with Crippen LogP contribution in [0.25, 0.3) is 5.41 Å². The second-order valence-corrected chi connectivity index (χ2v) is 2.06. The van der Waals surface area contributed by atoms with Gasteiger partial charge >= 0.3 is 0 Å². The van der Waals surface area contributed by atoms with E-state index in [9.17, 15) is 5.11 Å². The third kappa shape index (κ3) is 4.13. The van der Waals surface area contributed by atoms with Crippen LogP contribution in [-0.4, -0.2) is 18.2 Å². The Morgan fingerprint density at radius 3 is 2.55 bits per heavy atom. The minimum atomic E-state index is -0.819. The first kappa shape index (κ1) is 9.68.